The third-order valence-corrected chi connectivity index (χ3v) is 3.99. The molecule has 0 aromatic heterocycles. The molecule has 1 aliphatic rings. The summed E-state index contributed by atoms with van der Waals surface area (Å²) in [7, 11) is 0. The standard InChI is InChI=1S/C15H27NO3/c1-10(2)8-9-11(3)16-14(17)12-6-4-5-7-13(12)15(18)19/h10-13H,4-9H2,1-3H3,(H,16,17)(H,18,19). The lowest BCUT2D eigenvalue weighted by atomic mass is 9.78. The summed E-state index contributed by atoms with van der Waals surface area (Å²) in [5.41, 5.74) is 0. The molecule has 19 heavy (non-hydrogen) atoms. The quantitative estimate of drug-likeness (QED) is 0.779. The van der Waals surface area contributed by atoms with Crippen LogP contribution in [0.2, 0.25) is 0 Å². The summed E-state index contributed by atoms with van der Waals surface area (Å²) in [6, 6.07) is 0.131. The minimum absolute atomic E-state index is 0.0663. The van der Waals surface area contributed by atoms with Gasteiger partial charge in [-0.2, -0.15) is 0 Å². The Balaban J connectivity index is 2.48. The van der Waals surface area contributed by atoms with Crippen LogP contribution >= 0.6 is 0 Å². The van der Waals surface area contributed by atoms with Crippen LogP contribution in [-0.4, -0.2) is 23.0 Å². The maximum Gasteiger partial charge on any atom is 0.307 e. The fraction of sp³-hybridized carbons (Fsp3) is 0.867. The second kappa shape index (κ2) is 7.51. The molecule has 3 unspecified atom stereocenters. The monoisotopic (exact) mass is 269 g/mol. The van der Waals surface area contributed by atoms with Crippen molar-refractivity contribution >= 4 is 11.9 Å². The van der Waals surface area contributed by atoms with E-state index in [2.05, 4.69) is 19.2 Å². The fourth-order valence-corrected chi connectivity index (χ4v) is 2.75. The second-order valence-corrected chi connectivity index (χ2v) is 6.22. The van der Waals surface area contributed by atoms with Crippen LogP contribution in [0, 0.1) is 17.8 Å². The Morgan fingerprint density at radius 3 is 2.21 bits per heavy atom. The molecule has 1 saturated carbocycles. The average molecular weight is 269 g/mol. The predicted molar refractivity (Wildman–Crippen MR) is 74.8 cm³/mol. The SMILES string of the molecule is CC(C)CCC(C)NC(=O)C1CCCCC1C(=O)O. The van der Waals surface area contributed by atoms with Crippen molar-refractivity contribution in [3.63, 3.8) is 0 Å². The van der Waals surface area contributed by atoms with E-state index in [1.54, 1.807) is 0 Å². The van der Waals surface area contributed by atoms with E-state index >= 15 is 0 Å². The van der Waals surface area contributed by atoms with Crippen LogP contribution in [0.4, 0.5) is 0 Å². The molecule has 0 radical (unpaired) electrons. The number of rotatable bonds is 6. The number of carbonyl (C=O) groups is 2. The highest BCUT2D eigenvalue weighted by Gasteiger charge is 2.35. The summed E-state index contributed by atoms with van der Waals surface area (Å²) < 4.78 is 0. The fourth-order valence-electron chi connectivity index (χ4n) is 2.75. The molecule has 3 atom stereocenters. The van der Waals surface area contributed by atoms with Gasteiger partial charge in [-0.15, -0.1) is 0 Å². The molecule has 1 amide bonds. The van der Waals surface area contributed by atoms with Gasteiger partial charge in [0.25, 0.3) is 0 Å². The third-order valence-electron chi connectivity index (χ3n) is 3.99. The highest BCUT2D eigenvalue weighted by Crippen LogP contribution is 2.30. The zero-order valence-corrected chi connectivity index (χ0v) is 12.3. The van der Waals surface area contributed by atoms with Crippen LogP contribution in [0.1, 0.15) is 59.3 Å². The Kier molecular flexibility index (Phi) is 6.32. The average Bonchev–Trinajstić information content (AvgIpc) is 2.36. The highest BCUT2D eigenvalue weighted by atomic mass is 16.4. The second-order valence-electron chi connectivity index (χ2n) is 6.22. The summed E-state index contributed by atoms with van der Waals surface area (Å²) in [5.74, 6) is -1.10. The molecule has 4 heteroatoms. The molecule has 0 aromatic carbocycles. The van der Waals surface area contributed by atoms with E-state index in [-0.39, 0.29) is 17.9 Å². The Bertz CT molecular complexity index is 315. The topological polar surface area (TPSA) is 66.4 Å². The Hall–Kier alpha value is -1.06. The van der Waals surface area contributed by atoms with Crippen molar-refractivity contribution in [3.05, 3.63) is 0 Å². The van der Waals surface area contributed by atoms with Gasteiger partial charge in [-0.05, 0) is 38.5 Å². The van der Waals surface area contributed by atoms with Crippen LogP contribution in [-0.2, 0) is 9.59 Å². The van der Waals surface area contributed by atoms with Crippen molar-refractivity contribution in [1.29, 1.82) is 0 Å². The summed E-state index contributed by atoms with van der Waals surface area (Å²) in [6.45, 7) is 6.32. The minimum Gasteiger partial charge on any atom is -0.481 e. The van der Waals surface area contributed by atoms with Crippen molar-refractivity contribution in [2.24, 2.45) is 17.8 Å². The molecule has 0 aromatic rings. The number of nitrogens with one attached hydrogen (secondary N) is 1. The lowest BCUT2D eigenvalue weighted by molar-refractivity contribution is -0.149. The number of carbonyl (C=O) groups excluding carboxylic acids is 1. The lowest BCUT2D eigenvalue weighted by Gasteiger charge is -2.28. The summed E-state index contributed by atoms with van der Waals surface area (Å²) >= 11 is 0. The molecule has 110 valence electrons. The Morgan fingerprint density at radius 2 is 1.68 bits per heavy atom. The summed E-state index contributed by atoms with van der Waals surface area (Å²) in [5, 5.41) is 12.2. The predicted octanol–water partition coefficient (Wildman–Crippen LogP) is 2.82. The molecular weight excluding hydrogens is 242 g/mol. The first kappa shape index (κ1) is 16.0. The van der Waals surface area contributed by atoms with E-state index in [9.17, 15) is 14.7 Å². The number of hydrogen-bond donors (Lipinski definition) is 2. The molecule has 1 fully saturated rings. The van der Waals surface area contributed by atoms with E-state index in [0.717, 1.165) is 25.7 Å². The summed E-state index contributed by atoms with van der Waals surface area (Å²) in [4.78, 5) is 23.4. The zero-order chi connectivity index (χ0) is 14.4. The molecule has 0 spiro atoms. The Labute approximate surface area is 116 Å². The number of hydrogen-bond acceptors (Lipinski definition) is 2. The highest BCUT2D eigenvalue weighted by molar-refractivity contribution is 5.85. The van der Waals surface area contributed by atoms with Crippen LogP contribution in [0.3, 0.4) is 0 Å². The molecule has 0 heterocycles. The van der Waals surface area contributed by atoms with Gasteiger partial charge in [0.15, 0.2) is 0 Å². The van der Waals surface area contributed by atoms with E-state index in [1.807, 2.05) is 6.92 Å². The van der Waals surface area contributed by atoms with E-state index in [0.29, 0.717) is 18.8 Å². The molecule has 0 aliphatic heterocycles. The van der Waals surface area contributed by atoms with Crippen LogP contribution in [0.5, 0.6) is 0 Å². The Morgan fingerprint density at radius 1 is 1.11 bits per heavy atom. The molecule has 1 aliphatic carbocycles. The van der Waals surface area contributed by atoms with Crippen molar-refractivity contribution in [2.45, 2.75) is 65.3 Å². The van der Waals surface area contributed by atoms with Crippen LogP contribution < -0.4 is 5.32 Å². The van der Waals surface area contributed by atoms with E-state index < -0.39 is 11.9 Å². The van der Waals surface area contributed by atoms with Crippen LogP contribution in [0.15, 0.2) is 0 Å². The maximum atomic E-state index is 12.2. The lowest BCUT2D eigenvalue weighted by Crippen LogP contribution is -2.43. The zero-order valence-electron chi connectivity index (χ0n) is 12.3. The van der Waals surface area contributed by atoms with E-state index in [4.69, 9.17) is 0 Å². The molecule has 1 rings (SSSR count). The van der Waals surface area contributed by atoms with Crippen molar-refractivity contribution in [2.75, 3.05) is 0 Å². The van der Waals surface area contributed by atoms with Gasteiger partial charge in [0.2, 0.25) is 5.91 Å². The van der Waals surface area contributed by atoms with E-state index in [1.165, 1.54) is 0 Å². The normalized spacial score (nSPS) is 25.1. The molecule has 0 bridgehead atoms. The smallest absolute Gasteiger partial charge is 0.307 e. The van der Waals surface area contributed by atoms with Crippen molar-refractivity contribution in [3.8, 4) is 0 Å². The molecule has 4 nitrogen and oxygen atoms in total. The van der Waals surface area contributed by atoms with Gasteiger partial charge in [-0.3, -0.25) is 9.59 Å². The largest absolute Gasteiger partial charge is 0.481 e. The van der Waals surface area contributed by atoms with Crippen molar-refractivity contribution in [1.82, 2.24) is 5.32 Å². The van der Waals surface area contributed by atoms with Crippen molar-refractivity contribution < 1.29 is 14.7 Å². The van der Waals surface area contributed by atoms with Gasteiger partial charge in [0.1, 0.15) is 0 Å². The first-order valence-electron chi connectivity index (χ1n) is 7.45. The number of aliphatic carboxylic acids is 1. The minimum atomic E-state index is -0.824. The van der Waals surface area contributed by atoms with Gasteiger partial charge in [0.05, 0.1) is 11.8 Å². The van der Waals surface area contributed by atoms with Gasteiger partial charge >= 0.3 is 5.97 Å². The maximum absolute atomic E-state index is 12.2. The van der Waals surface area contributed by atoms with Crippen LogP contribution in [0.25, 0.3) is 0 Å². The first-order chi connectivity index (χ1) is 8.91. The molecule has 0 saturated heterocycles. The molecule has 2 N–H and O–H groups in total. The van der Waals surface area contributed by atoms with Gasteiger partial charge in [-0.1, -0.05) is 26.7 Å². The first-order valence-corrected chi connectivity index (χ1v) is 7.45. The third kappa shape index (κ3) is 5.21. The number of carboxylic acids is 1. The van der Waals surface area contributed by atoms with Gasteiger partial charge in [0, 0.05) is 6.04 Å². The number of amides is 1. The van der Waals surface area contributed by atoms with Gasteiger partial charge in [-0.25, -0.2) is 0 Å². The van der Waals surface area contributed by atoms with Gasteiger partial charge < -0.3 is 10.4 Å². The number of carboxylic acid groups (broad SMARTS) is 1. The summed E-state index contributed by atoms with van der Waals surface area (Å²) in [6.07, 6.45) is 5.25. The molecular formula is C15H27NO3.